The van der Waals surface area contributed by atoms with Crippen LogP contribution in [0.5, 0.6) is 0 Å². The number of primary amides is 1. The Morgan fingerprint density at radius 3 is 2.31 bits per heavy atom. The molecule has 9 heteroatoms. The van der Waals surface area contributed by atoms with Crippen molar-refractivity contribution in [3.8, 4) is 0 Å². The molecule has 0 aromatic heterocycles. The van der Waals surface area contributed by atoms with Crippen LogP contribution in [0.3, 0.4) is 0 Å². The minimum atomic E-state index is -0.724. The lowest BCUT2D eigenvalue weighted by Gasteiger charge is -2.22. The zero-order chi connectivity index (χ0) is 18.9. The molecule has 1 fully saturated rings. The van der Waals surface area contributed by atoms with Gasteiger partial charge in [-0.1, -0.05) is 19.3 Å². The molecule has 0 atom stereocenters. The Morgan fingerprint density at radius 2 is 1.69 bits per heavy atom. The lowest BCUT2D eigenvalue weighted by atomic mass is 9.96. The molecule has 26 heavy (non-hydrogen) atoms. The highest BCUT2D eigenvalue weighted by molar-refractivity contribution is 5.97. The predicted octanol–water partition coefficient (Wildman–Crippen LogP) is 1.49. The number of hydrogen-bond acceptors (Lipinski definition) is 5. The van der Waals surface area contributed by atoms with Gasteiger partial charge in [-0.2, -0.15) is 0 Å². The molecule has 5 N–H and O–H groups in total. The van der Waals surface area contributed by atoms with Crippen molar-refractivity contribution in [1.82, 2.24) is 10.6 Å². The molecule has 0 bridgehead atoms. The van der Waals surface area contributed by atoms with Crippen molar-refractivity contribution < 1.29 is 23.9 Å². The maximum atomic E-state index is 11.9. The van der Waals surface area contributed by atoms with Crippen molar-refractivity contribution in [2.24, 2.45) is 5.73 Å². The van der Waals surface area contributed by atoms with Gasteiger partial charge in [-0.3, -0.25) is 10.1 Å². The number of imide groups is 1. The summed E-state index contributed by atoms with van der Waals surface area (Å²) in [4.78, 5) is 46.0. The monoisotopic (exact) mass is 362 g/mol. The van der Waals surface area contributed by atoms with Gasteiger partial charge in [0, 0.05) is 11.7 Å². The molecule has 0 heterocycles. The molecule has 9 nitrogen and oxygen atoms in total. The maximum absolute atomic E-state index is 11.9. The van der Waals surface area contributed by atoms with Crippen molar-refractivity contribution in [3.05, 3.63) is 29.8 Å². The van der Waals surface area contributed by atoms with Gasteiger partial charge in [-0.15, -0.1) is 0 Å². The zero-order valence-electron chi connectivity index (χ0n) is 14.2. The Kier molecular flexibility index (Phi) is 6.95. The Morgan fingerprint density at radius 1 is 1.04 bits per heavy atom. The molecule has 2 rings (SSSR count). The number of amides is 5. The van der Waals surface area contributed by atoms with E-state index in [9.17, 15) is 19.2 Å². The van der Waals surface area contributed by atoms with E-state index >= 15 is 0 Å². The molecule has 0 saturated heterocycles. The molecule has 0 radical (unpaired) electrons. The van der Waals surface area contributed by atoms with Gasteiger partial charge in [0.25, 0.3) is 5.91 Å². The number of hydrogen-bond donors (Lipinski definition) is 4. The molecule has 1 aliphatic rings. The van der Waals surface area contributed by atoms with Gasteiger partial charge in [-0.25, -0.2) is 14.4 Å². The quantitative estimate of drug-likeness (QED) is 0.588. The van der Waals surface area contributed by atoms with E-state index in [1.54, 1.807) is 0 Å². The number of ether oxygens (including phenoxy) is 1. The fraction of sp³-hybridized carbons (Fsp3) is 0.412. The molecule has 0 aliphatic heterocycles. The molecule has 0 spiro atoms. The van der Waals surface area contributed by atoms with Crippen LogP contribution in [0.2, 0.25) is 0 Å². The highest BCUT2D eigenvalue weighted by Gasteiger charge is 2.17. The second-order valence-electron chi connectivity index (χ2n) is 6.00. The molecular formula is C17H22N4O5. The summed E-state index contributed by atoms with van der Waals surface area (Å²) in [6.45, 7) is -0.571. The summed E-state index contributed by atoms with van der Waals surface area (Å²) in [7, 11) is 0. The van der Waals surface area contributed by atoms with Gasteiger partial charge in [0.15, 0.2) is 6.61 Å². The number of benzene rings is 1. The second kappa shape index (κ2) is 9.40. The van der Waals surface area contributed by atoms with E-state index in [1.807, 2.05) is 0 Å². The van der Waals surface area contributed by atoms with E-state index in [-0.39, 0.29) is 11.6 Å². The Labute approximate surface area is 150 Å². The Balaban J connectivity index is 1.72. The summed E-state index contributed by atoms with van der Waals surface area (Å²) in [5, 5.41) is 7.23. The number of nitrogens with one attached hydrogen (secondary N) is 3. The van der Waals surface area contributed by atoms with E-state index < -0.39 is 30.5 Å². The first-order chi connectivity index (χ1) is 12.4. The van der Waals surface area contributed by atoms with Gasteiger partial charge in [-0.05, 0) is 37.1 Å². The third-order valence-electron chi connectivity index (χ3n) is 3.92. The number of urea groups is 2. The minimum Gasteiger partial charge on any atom is -0.452 e. The van der Waals surface area contributed by atoms with E-state index in [0.29, 0.717) is 5.69 Å². The Bertz CT molecular complexity index is 668. The van der Waals surface area contributed by atoms with E-state index in [4.69, 9.17) is 10.5 Å². The normalized spacial score (nSPS) is 14.2. The summed E-state index contributed by atoms with van der Waals surface area (Å²) in [5.41, 5.74) is 5.60. The van der Waals surface area contributed by atoms with Gasteiger partial charge in [0.05, 0.1) is 5.56 Å². The average molecular weight is 362 g/mol. The van der Waals surface area contributed by atoms with Crippen molar-refractivity contribution in [3.63, 3.8) is 0 Å². The van der Waals surface area contributed by atoms with E-state index in [1.165, 1.54) is 24.3 Å². The van der Waals surface area contributed by atoms with Crippen molar-refractivity contribution in [1.29, 1.82) is 0 Å². The molecule has 0 unspecified atom stereocenters. The molecule has 1 aromatic rings. The molecule has 140 valence electrons. The molecule has 1 saturated carbocycles. The fourth-order valence-corrected chi connectivity index (χ4v) is 2.68. The largest absolute Gasteiger partial charge is 0.452 e. The van der Waals surface area contributed by atoms with Crippen LogP contribution >= 0.6 is 0 Å². The number of esters is 1. The topological polar surface area (TPSA) is 140 Å². The van der Waals surface area contributed by atoms with Crippen LogP contribution in [0.4, 0.5) is 15.3 Å². The van der Waals surface area contributed by atoms with Gasteiger partial charge in [0.2, 0.25) is 0 Å². The number of carbonyl (C=O) groups excluding carboxylic acids is 4. The van der Waals surface area contributed by atoms with Crippen LogP contribution in [0, 0.1) is 0 Å². The van der Waals surface area contributed by atoms with Crippen LogP contribution in [-0.2, 0) is 9.53 Å². The number of rotatable bonds is 5. The summed E-state index contributed by atoms with van der Waals surface area (Å²) in [5.74, 6) is -1.43. The standard InChI is InChI=1S/C17H22N4O5/c18-16(24)19-13-8-6-11(7-9-13)15(23)26-10-14(22)21-17(25)20-12-4-2-1-3-5-12/h6-9,12H,1-5,10H2,(H3,18,19,24)(H2,20,21,22,25). The Hall–Kier alpha value is -3.10. The molecular weight excluding hydrogens is 340 g/mol. The highest BCUT2D eigenvalue weighted by Crippen LogP contribution is 2.17. The van der Waals surface area contributed by atoms with Gasteiger partial charge < -0.3 is 21.1 Å². The van der Waals surface area contributed by atoms with Gasteiger partial charge >= 0.3 is 18.0 Å². The third-order valence-corrected chi connectivity index (χ3v) is 3.92. The van der Waals surface area contributed by atoms with Crippen molar-refractivity contribution >= 4 is 29.6 Å². The van der Waals surface area contributed by atoms with E-state index in [2.05, 4.69) is 16.0 Å². The highest BCUT2D eigenvalue weighted by atomic mass is 16.5. The minimum absolute atomic E-state index is 0.0756. The van der Waals surface area contributed by atoms with Crippen LogP contribution < -0.4 is 21.7 Å². The molecule has 1 aromatic carbocycles. The average Bonchev–Trinajstić information content (AvgIpc) is 2.60. The lowest BCUT2D eigenvalue weighted by molar-refractivity contribution is -0.123. The number of nitrogens with two attached hydrogens (primary N) is 1. The SMILES string of the molecule is NC(=O)Nc1ccc(C(=O)OCC(=O)NC(=O)NC2CCCCC2)cc1. The van der Waals surface area contributed by atoms with Crippen molar-refractivity contribution in [2.75, 3.05) is 11.9 Å². The van der Waals surface area contributed by atoms with E-state index in [0.717, 1.165) is 32.1 Å². The van der Waals surface area contributed by atoms with Gasteiger partial charge in [0.1, 0.15) is 0 Å². The molecule has 1 aliphatic carbocycles. The fourth-order valence-electron chi connectivity index (χ4n) is 2.68. The first-order valence-electron chi connectivity index (χ1n) is 8.38. The summed E-state index contributed by atoms with van der Waals surface area (Å²) in [6, 6.07) is 4.55. The smallest absolute Gasteiger partial charge is 0.338 e. The third kappa shape index (κ3) is 6.42. The van der Waals surface area contributed by atoms with Crippen LogP contribution in [0.15, 0.2) is 24.3 Å². The summed E-state index contributed by atoms with van der Waals surface area (Å²) >= 11 is 0. The van der Waals surface area contributed by atoms with Crippen LogP contribution in [0.1, 0.15) is 42.5 Å². The second-order valence-corrected chi connectivity index (χ2v) is 6.00. The van der Waals surface area contributed by atoms with Crippen LogP contribution in [0.25, 0.3) is 0 Å². The molecule has 5 amide bonds. The first kappa shape index (κ1) is 19.2. The van der Waals surface area contributed by atoms with Crippen molar-refractivity contribution in [2.45, 2.75) is 38.1 Å². The summed E-state index contributed by atoms with van der Waals surface area (Å²) < 4.78 is 4.86. The zero-order valence-corrected chi connectivity index (χ0v) is 14.2. The predicted molar refractivity (Wildman–Crippen MR) is 93.5 cm³/mol. The maximum Gasteiger partial charge on any atom is 0.338 e. The number of carbonyl (C=O) groups is 4. The first-order valence-corrected chi connectivity index (χ1v) is 8.38. The lowest BCUT2D eigenvalue weighted by Crippen LogP contribution is -2.46. The summed E-state index contributed by atoms with van der Waals surface area (Å²) in [6.07, 6.45) is 5.08. The van der Waals surface area contributed by atoms with Crippen LogP contribution in [-0.4, -0.2) is 36.6 Å². The number of anilines is 1.